The Kier molecular flexibility index (Phi) is 6.85. The van der Waals surface area contributed by atoms with Crippen molar-refractivity contribution in [3.8, 4) is 0 Å². The third kappa shape index (κ3) is 4.93. The Balaban J connectivity index is 1.85. The van der Waals surface area contributed by atoms with Crippen LogP contribution in [-0.2, 0) is 19.4 Å². The lowest BCUT2D eigenvalue weighted by atomic mass is 9.95. The molecule has 2 amide bonds. The van der Waals surface area contributed by atoms with Gasteiger partial charge in [-0.05, 0) is 56.7 Å². The second kappa shape index (κ2) is 9.54. The molecule has 3 N–H and O–H groups in total. The molecule has 8 heteroatoms. The maximum absolute atomic E-state index is 13.1. The maximum atomic E-state index is 13.1. The van der Waals surface area contributed by atoms with E-state index in [2.05, 4.69) is 28.0 Å². The van der Waals surface area contributed by atoms with Gasteiger partial charge in [0.1, 0.15) is 5.56 Å². The van der Waals surface area contributed by atoms with Crippen LogP contribution in [0.3, 0.4) is 0 Å². The van der Waals surface area contributed by atoms with Crippen LogP contribution in [0.15, 0.2) is 16.9 Å². The molecule has 2 heterocycles. The summed E-state index contributed by atoms with van der Waals surface area (Å²) in [5, 5.41) is 6.53. The molecule has 0 spiro atoms. The lowest BCUT2D eigenvalue weighted by molar-refractivity contribution is 0.0842. The molecule has 8 nitrogen and oxygen atoms in total. The van der Waals surface area contributed by atoms with Crippen LogP contribution in [-0.4, -0.2) is 26.6 Å². The third-order valence-corrected chi connectivity index (χ3v) is 5.31. The molecule has 0 aliphatic heterocycles. The van der Waals surface area contributed by atoms with E-state index in [1.807, 2.05) is 0 Å². The average molecular weight is 399 g/mol. The number of fused-ring (bicyclic) bond motifs is 1. The topological polar surface area (TPSA) is 109 Å². The van der Waals surface area contributed by atoms with Gasteiger partial charge >= 0.3 is 0 Å². The van der Waals surface area contributed by atoms with Crippen molar-refractivity contribution in [3.63, 3.8) is 0 Å². The van der Waals surface area contributed by atoms with Gasteiger partial charge in [0.05, 0.1) is 0 Å². The standard InChI is InChI=1S/C21H29N5O3/c1-3-4-11-26-18-10-8-6-5-7-9-15(18)13-16(21(26)29)19(27)24-25-20(28)17-12-14(2)22-23-17/h12-13H,3-11H2,1-2H3,(H,22,23)(H,24,27)(H,25,28). The lowest BCUT2D eigenvalue weighted by Crippen LogP contribution is -2.44. The summed E-state index contributed by atoms with van der Waals surface area (Å²) >= 11 is 0. The molecular weight excluding hydrogens is 370 g/mol. The van der Waals surface area contributed by atoms with E-state index in [1.54, 1.807) is 23.6 Å². The predicted molar refractivity (Wildman–Crippen MR) is 110 cm³/mol. The van der Waals surface area contributed by atoms with E-state index in [4.69, 9.17) is 0 Å². The Morgan fingerprint density at radius 3 is 2.52 bits per heavy atom. The number of aromatic amines is 1. The number of aryl methyl sites for hydroxylation is 2. The van der Waals surface area contributed by atoms with Crippen molar-refractivity contribution < 1.29 is 9.59 Å². The van der Waals surface area contributed by atoms with Crippen LogP contribution < -0.4 is 16.4 Å². The van der Waals surface area contributed by atoms with Crippen LogP contribution in [0, 0.1) is 6.92 Å². The highest BCUT2D eigenvalue weighted by atomic mass is 16.2. The Bertz CT molecular complexity index is 944. The molecular formula is C21H29N5O3. The number of nitrogens with zero attached hydrogens (tertiary/aromatic N) is 2. The summed E-state index contributed by atoms with van der Waals surface area (Å²) in [6.07, 6.45) is 8.02. The zero-order chi connectivity index (χ0) is 20.8. The molecule has 0 unspecified atom stereocenters. The van der Waals surface area contributed by atoms with E-state index in [0.717, 1.165) is 61.9 Å². The van der Waals surface area contributed by atoms with Crippen molar-refractivity contribution in [2.24, 2.45) is 0 Å². The Labute approximate surface area is 170 Å². The maximum Gasteiger partial charge on any atom is 0.290 e. The molecule has 3 rings (SSSR count). The molecule has 2 aromatic rings. The minimum Gasteiger partial charge on any atom is -0.312 e. The number of H-pyrrole nitrogens is 1. The first-order chi connectivity index (χ1) is 14.0. The number of carbonyl (C=O) groups is 2. The monoisotopic (exact) mass is 399 g/mol. The Morgan fingerprint density at radius 2 is 1.83 bits per heavy atom. The van der Waals surface area contributed by atoms with Crippen molar-refractivity contribution in [1.82, 2.24) is 25.6 Å². The van der Waals surface area contributed by atoms with Gasteiger partial charge in [-0.15, -0.1) is 0 Å². The van der Waals surface area contributed by atoms with Gasteiger partial charge < -0.3 is 4.57 Å². The molecule has 29 heavy (non-hydrogen) atoms. The zero-order valence-electron chi connectivity index (χ0n) is 17.1. The predicted octanol–water partition coefficient (Wildman–Crippen LogP) is 2.41. The second-order valence-electron chi connectivity index (χ2n) is 7.60. The average Bonchev–Trinajstić information content (AvgIpc) is 3.12. The van der Waals surface area contributed by atoms with E-state index in [1.165, 1.54) is 6.42 Å². The number of hydrogen-bond donors (Lipinski definition) is 3. The van der Waals surface area contributed by atoms with E-state index < -0.39 is 11.8 Å². The first-order valence-electron chi connectivity index (χ1n) is 10.4. The highest BCUT2D eigenvalue weighted by molar-refractivity contribution is 5.98. The summed E-state index contributed by atoms with van der Waals surface area (Å²) < 4.78 is 1.78. The summed E-state index contributed by atoms with van der Waals surface area (Å²) in [5.74, 6) is -1.15. The minimum absolute atomic E-state index is 0.0685. The van der Waals surface area contributed by atoms with Crippen molar-refractivity contribution >= 4 is 11.8 Å². The molecule has 2 aromatic heterocycles. The number of carbonyl (C=O) groups excluding carboxylic acids is 2. The van der Waals surface area contributed by atoms with Crippen LogP contribution in [0.25, 0.3) is 0 Å². The number of pyridine rings is 1. The molecule has 0 saturated carbocycles. The quantitative estimate of drug-likeness (QED) is 0.671. The molecule has 0 saturated heterocycles. The number of unbranched alkanes of at least 4 members (excludes halogenated alkanes) is 1. The number of hydrazine groups is 1. The highest BCUT2D eigenvalue weighted by Crippen LogP contribution is 2.20. The summed E-state index contributed by atoms with van der Waals surface area (Å²) in [6.45, 7) is 4.47. The number of hydrogen-bond acceptors (Lipinski definition) is 4. The van der Waals surface area contributed by atoms with Gasteiger partial charge in [-0.2, -0.15) is 5.10 Å². The van der Waals surface area contributed by atoms with Gasteiger partial charge in [0, 0.05) is 17.9 Å². The molecule has 1 aliphatic carbocycles. The minimum atomic E-state index is -0.606. The fourth-order valence-corrected chi connectivity index (χ4v) is 3.73. The van der Waals surface area contributed by atoms with Gasteiger partial charge in [0.15, 0.2) is 5.69 Å². The molecule has 0 aromatic carbocycles. The molecule has 0 atom stereocenters. The van der Waals surface area contributed by atoms with E-state index >= 15 is 0 Å². The van der Waals surface area contributed by atoms with Gasteiger partial charge in [-0.1, -0.05) is 26.2 Å². The Morgan fingerprint density at radius 1 is 1.10 bits per heavy atom. The largest absolute Gasteiger partial charge is 0.312 e. The summed E-state index contributed by atoms with van der Waals surface area (Å²) in [4.78, 5) is 37.9. The third-order valence-electron chi connectivity index (χ3n) is 5.31. The van der Waals surface area contributed by atoms with Crippen molar-refractivity contribution in [1.29, 1.82) is 0 Å². The number of rotatable bonds is 5. The van der Waals surface area contributed by atoms with Gasteiger partial charge in [-0.25, -0.2) is 0 Å². The highest BCUT2D eigenvalue weighted by Gasteiger charge is 2.20. The van der Waals surface area contributed by atoms with Crippen molar-refractivity contribution in [2.45, 2.75) is 71.8 Å². The number of nitrogens with one attached hydrogen (secondary N) is 3. The van der Waals surface area contributed by atoms with E-state index in [0.29, 0.717) is 6.54 Å². The normalized spacial score (nSPS) is 13.9. The van der Waals surface area contributed by atoms with E-state index in [-0.39, 0.29) is 16.8 Å². The van der Waals surface area contributed by atoms with Gasteiger partial charge in [0.2, 0.25) is 0 Å². The Hall–Kier alpha value is -2.90. The van der Waals surface area contributed by atoms with E-state index in [9.17, 15) is 14.4 Å². The SMILES string of the molecule is CCCCn1c2c(cc(C(=O)NNC(=O)c3cc(C)[nH]n3)c1=O)CCCCCC2. The fraction of sp³-hybridized carbons (Fsp3) is 0.524. The summed E-state index contributed by atoms with van der Waals surface area (Å²) in [7, 11) is 0. The van der Waals surface area contributed by atoms with Gasteiger partial charge in [0.25, 0.3) is 17.4 Å². The molecule has 0 fully saturated rings. The molecule has 156 valence electrons. The van der Waals surface area contributed by atoms with Crippen LogP contribution in [0.1, 0.15) is 83.2 Å². The molecule has 0 bridgehead atoms. The lowest BCUT2D eigenvalue weighted by Gasteiger charge is -2.21. The van der Waals surface area contributed by atoms with Crippen LogP contribution in [0.4, 0.5) is 0 Å². The number of aromatic nitrogens is 3. The van der Waals surface area contributed by atoms with Crippen molar-refractivity contribution in [2.75, 3.05) is 0 Å². The first kappa shape index (κ1) is 20.8. The first-order valence-corrected chi connectivity index (χ1v) is 10.4. The molecule has 1 aliphatic rings. The van der Waals surface area contributed by atoms with Crippen LogP contribution in [0.5, 0.6) is 0 Å². The van der Waals surface area contributed by atoms with Crippen molar-refractivity contribution in [3.05, 3.63) is 50.7 Å². The second-order valence-corrected chi connectivity index (χ2v) is 7.60. The summed E-state index contributed by atoms with van der Waals surface area (Å²) in [5.41, 5.74) is 7.51. The van der Waals surface area contributed by atoms with Crippen LogP contribution >= 0.6 is 0 Å². The van der Waals surface area contributed by atoms with Crippen LogP contribution in [0.2, 0.25) is 0 Å². The van der Waals surface area contributed by atoms with Gasteiger partial charge in [-0.3, -0.25) is 30.3 Å². The molecule has 0 radical (unpaired) electrons. The summed E-state index contributed by atoms with van der Waals surface area (Å²) in [6, 6.07) is 3.29. The number of amides is 2. The smallest absolute Gasteiger partial charge is 0.290 e. The fourth-order valence-electron chi connectivity index (χ4n) is 3.73. The zero-order valence-corrected chi connectivity index (χ0v) is 17.1.